The summed E-state index contributed by atoms with van der Waals surface area (Å²) in [7, 11) is 0. The zero-order valence-electron chi connectivity index (χ0n) is 13.4. The van der Waals surface area contributed by atoms with Crippen molar-refractivity contribution >= 4 is 5.91 Å². The average Bonchev–Trinajstić information content (AvgIpc) is 2.92. The van der Waals surface area contributed by atoms with Crippen molar-refractivity contribution < 1.29 is 4.79 Å². The van der Waals surface area contributed by atoms with E-state index in [1.807, 2.05) is 36.4 Å². The highest BCUT2D eigenvalue weighted by molar-refractivity contribution is 5.93. The van der Waals surface area contributed by atoms with Gasteiger partial charge in [-0.05, 0) is 49.4 Å². The molecule has 0 aromatic heterocycles. The molecule has 1 aliphatic carbocycles. The Hall–Kier alpha value is -2.39. The fraction of sp³-hybridized carbons (Fsp3) is 0.250. The van der Waals surface area contributed by atoms with E-state index in [0.29, 0.717) is 5.56 Å². The second-order valence-corrected chi connectivity index (χ2v) is 6.18. The molecule has 3 rings (SSSR count). The molecule has 0 radical (unpaired) electrons. The Morgan fingerprint density at radius 2 is 2.04 bits per heavy atom. The highest BCUT2D eigenvalue weighted by atomic mass is 16.2. The number of nitrogens with one attached hydrogen (secondary N) is 2. The summed E-state index contributed by atoms with van der Waals surface area (Å²) in [5, 5.41) is 0. The number of amides is 1. The zero-order valence-corrected chi connectivity index (χ0v) is 13.4. The van der Waals surface area contributed by atoms with Crippen LogP contribution in [0.25, 0.3) is 0 Å². The molecule has 2 aromatic rings. The topological polar surface area (TPSA) is 41.1 Å². The molecule has 118 valence electrons. The maximum absolute atomic E-state index is 12.3. The molecule has 0 bridgehead atoms. The van der Waals surface area contributed by atoms with E-state index in [9.17, 15) is 4.79 Å². The van der Waals surface area contributed by atoms with Gasteiger partial charge in [-0.25, -0.2) is 5.43 Å². The third kappa shape index (κ3) is 3.06. The van der Waals surface area contributed by atoms with E-state index in [1.165, 1.54) is 16.7 Å². The van der Waals surface area contributed by atoms with Crippen LogP contribution in [-0.4, -0.2) is 5.91 Å². The first-order valence-corrected chi connectivity index (χ1v) is 7.98. The summed E-state index contributed by atoms with van der Waals surface area (Å²) in [4.78, 5) is 12.3. The molecule has 0 aliphatic heterocycles. The molecule has 3 nitrogen and oxygen atoms in total. The van der Waals surface area contributed by atoms with Crippen LogP contribution in [0.1, 0.15) is 39.9 Å². The summed E-state index contributed by atoms with van der Waals surface area (Å²) in [5.41, 5.74) is 10.4. The Labute approximate surface area is 137 Å². The number of carbonyl (C=O) groups excluding carboxylic acids is 1. The Morgan fingerprint density at radius 1 is 1.26 bits per heavy atom. The molecular weight excluding hydrogens is 284 g/mol. The monoisotopic (exact) mass is 306 g/mol. The Balaban J connectivity index is 1.83. The largest absolute Gasteiger partial charge is 0.287 e. The molecular formula is C20H22N2O. The molecule has 2 N–H and O–H groups in total. The zero-order chi connectivity index (χ0) is 16.3. The van der Waals surface area contributed by atoms with Gasteiger partial charge in [0, 0.05) is 5.56 Å². The molecule has 1 amide bonds. The van der Waals surface area contributed by atoms with E-state index in [0.717, 1.165) is 19.3 Å². The second-order valence-electron chi connectivity index (χ2n) is 6.18. The predicted molar refractivity (Wildman–Crippen MR) is 93.0 cm³/mol. The Bertz CT molecular complexity index is 724. The van der Waals surface area contributed by atoms with Gasteiger partial charge in [-0.2, -0.15) is 0 Å². The summed E-state index contributed by atoms with van der Waals surface area (Å²) in [6.07, 6.45) is 4.65. The Kier molecular flexibility index (Phi) is 4.30. The normalized spacial score (nSPS) is 19.2. The van der Waals surface area contributed by atoms with Crippen molar-refractivity contribution in [3.63, 3.8) is 0 Å². The fourth-order valence-electron chi connectivity index (χ4n) is 3.31. The van der Waals surface area contributed by atoms with Gasteiger partial charge in [-0.15, -0.1) is 6.58 Å². The van der Waals surface area contributed by atoms with E-state index in [4.69, 9.17) is 0 Å². The molecule has 0 saturated heterocycles. The van der Waals surface area contributed by atoms with Crippen LogP contribution in [0.5, 0.6) is 0 Å². The number of hydrogen-bond acceptors (Lipinski definition) is 2. The van der Waals surface area contributed by atoms with E-state index in [2.05, 4.69) is 42.6 Å². The molecule has 1 aliphatic rings. The lowest BCUT2D eigenvalue weighted by atomic mass is 9.88. The second kappa shape index (κ2) is 6.39. The van der Waals surface area contributed by atoms with Crippen molar-refractivity contribution in [1.29, 1.82) is 0 Å². The van der Waals surface area contributed by atoms with Crippen LogP contribution in [0.4, 0.5) is 0 Å². The number of benzene rings is 2. The van der Waals surface area contributed by atoms with Crippen LogP contribution in [0.15, 0.2) is 61.2 Å². The van der Waals surface area contributed by atoms with E-state index in [-0.39, 0.29) is 11.4 Å². The summed E-state index contributed by atoms with van der Waals surface area (Å²) >= 11 is 0. The molecule has 2 aromatic carbocycles. The first-order valence-electron chi connectivity index (χ1n) is 7.98. The van der Waals surface area contributed by atoms with Gasteiger partial charge in [0.2, 0.25) is 0 Å². The summed E-state index contributed by atoms with van der Waals surface area (Å²) < 4.78 is 0. The van der Waals surface area contributed by atoms with Gasteiger partial charge in [0.15, 0.2) is 0 Å². The van der Waals surface area contributed by atoms with Crippen LogP contribution in [-0.2, 0) is 12.0 Å². The fourth-order valence-corrected chi connectivity index (χ4v) is 3.31. The summed E-state index contributed by atoms with van der Waals surface area (Å²) in [6.45, 7) is 5.99. The van der Waals surface area contributed by atoms with Gasteiger partial charge in [-0.1, -0.05) is 48.0 Å². The highest BCUT2D eigenvalue weighted by Gasteiger charge is 2.38. The van der Waals surface area contributed by atoms with Crippen molar-refractivity contribution in [2.75, 3.05) is 0 Å². The number of aryl methyl sites for hydroxylation is 2. The minimum Gasteiger partial charge on any atom is -0.287 e. The molecule has 0 spiro atoms. The van der Waals surface area contributed by atoms with Gasteiger partial charge < -0.3 is 0 Å². The van der Waals surface area contributed by atoms with Crippen molar-refractivity contribution in [2.45, 2.75) is 31.7 Å². The standard InChI is InChI=1S/C20H22N2O/c1-3-12-20(13-11-16-10-9-15(2)14-18(16)20)22-21-19(23)17-7-5-4-6-8-17/h3-10,14,22H,1,11-13H2,2H3,(H,21,23). The molecule has 1 unspecified atom stereocenters. The first kappa shape index (κ1) is 15.5. The number of hydrogen-bond donors (Lipinski definition) is 2. The van der Waals surface area contributed by atoms with E-state index in [1.54, 1.807) is 0 Å². The lowest BCUT2D eigenvalue weighted by Crippen LogP contribution is -2.50. The van der Waals surface area contributed by atoms with Crippen molar-refractivity contribution in [3.8, 4) is 0 Å². The average molecular weight is 306 g/mol. The SMILES string of the molecule is C=CCC1(NNC(=O)c2ccccc2)CCc2ccc(C)cc21. The predicted octanol–water partition coefficient (Wildman–Crippen LogP) is 3.65. The first-order chi connectivity index (χ1) is 11.1. The van der Waals surface area contributed by atoms with Gasteiger partial charge >= 0.3 is 0 Å². The van der Waals surface area contributed by atoms with Crippen molar-refractivity contribution in [1.82, 2.24) is 10.9 Å². The maximum atomic E-state index is 12.3. The maximum Gasteiger partial charge on any atom is 0.265 e. The minimum absolute atomic E-state index is 0.116. The van der Waals surface area contributed by atoms with Crippen molar-refractivity contribution in [2.24, 2.45) is 0 Å². The van der Waals surface area contributed by atoms with Gasteiger partial charge in [0.1, 0.15) is 0 Å². The highest BCUT2D eigenvalue weighted by Crippen LogP contribution is 2.39. The van der Waals surface area contributed by atoms with Crippen LogP contribution in [0.2, 0.25) is 0 Å². The molecule has 0 saturated carbocycles. The van der Waals surface area contributed by atoms with Crippen LogP contribution in [0, 0.1) is 6.92 Å². The summed E-state index contributed by atoms with van der Waals surface area (Å²) in [6, 6.07) is 15.8. The van der Waals surface area contributed by atoms with Crippen LogP contribution < -0.4 is 10.9 Å². The van der Waals surface area contributed by atoms with Gasteiger partial charge in [0.25, 0.3) is 5.91 Å². The number of fused-ring (bicyclic) bond motifs is 1. The lowest BCUT2D eigenvalue weighted by Gasteiger charge is -2.31. The molecule has 0 fully saturated rings. The molecule has 0 heterocycles. The van der Waals surface area contributed by atoms with Gasteiger partial charge in [0.05, 0.1) is 5.54 Å². The van der Waals surface area contributed by atoms with E-state index >= 15 is 0 Å². The lowest BCUT2D eigenvalue weighted by molar-refractivity contribution is 0.0902. The smallest absolute Gasteiger partial charge is 0.265 e. The Morgan fingerprint density at radius 3 is 2.78 bits per heavy atom. The quantitative estimate of drug-likeness (QED) is 0.654. The van der Waals surface area contributed by atoms with E-state index < -0.39 is 0 Å². The third-order valence-corrected chi connectivity index (χ3v) is 4.55. The van der Waals surface area contributed by atoms with Crippen molar-refractivity contribution in [3.05, 3.63) is 83.4 Å². The number of carbonyl (C=O) groups is 1. The van der Waals surface area contributed by atoms with Gasteiger partial charge in [-0.3, -0.25) is 10.2 Å². The molecule has 23 heavy (non-hydrogen) atoms. The van der Waals surface area contributed by atoms with Crippen LogP contribution in [0.3, 0.4) is 0 Å². The summed E-state index contributed by atoms with van der Waals surface area (Å²) in [5.74, 6) is -0.116. The number of rotatable bonds is 5. The van der Waals surface area contributed by atoms with Crippen LogP contribution >= 0.6 is 0 Å². The molecule has 1 atom stereocenters. The third-order valence-electron chi connectivity index (χ3n) is 4.55. The molecule has 3 heteroatoms. The number of hydrazine groups is 1. The minimum atomic E-state index is -0.270.